The zero-order valence-electron chi connectivity index (χ0n) is 14.5. The van der Waals surface area contributed by atoms with Crippen molar-refractivity contribution in [1.82, 2.24) is 20.9 Å². The summed E-state index contributed by atoms with van der Waals surface area (Å²) in [6, 6.07) is -0.198. The highest BCUT2D eigenvalue weighted by Gasteiger charge is 2.24. The van der Waals surface area contributed by atoms with E-state index in [2.05, 4.69) is 15.5 Å². The van der Waals surface area contributed by atoms with Crippen LogP contribution in [0.15, 0.2) is 4.52 Å². The standard InChI is InChI=1S/C16H26N4O5/c1-17-16(22)24-15-18-14(25-20-15)12(10-13(21)19-23)9-5-8-11-6-3-2-4-7-11/h11-12,23H,2-10H2,1H3,(H,17,22)(H,19,21)/t12-/m1/s1. The Balaban J connectivity index is 1.92. The van der Waals surface area contributed by atoms with E-state index in [4.69, 9.17) is 14.5 Å². The molecule has 1 fully saturated rings. The molecule has 0 saturated heterocycles. The van der Waals surface area contributed by atoms with E-state index >= 15 is 0 Å². The van der Waals surface area contributed by atoms with Crippen LogP contribution < -0.4 is 15.5 Å². The molecule has 0 spiro atoms. The van der Waals surface area contributed by atoms with Gasteiger partial charge in [0.1, 0.15) is 0 Å². The molecule has 0 radical (unpaired) electrons. The van der Waals surface area contributed by atoms with Gasteiger partial charge in [-0.15, -0.1) is 0 Å². The van der Waals surface area contributed by atoms with Gasteiger partial charge >= 0.3 is 12.1 Å². The van der Waals surface area contributed by atoms with Gasteiger partial charge in [-0.3, -0.25) is 10.0 Å². The van der Waals surface area contributed by atoms with Crippen LogP contribution >= 0.6 is 0 Å². The quantitative estimate of drug-likeness (QED) is 0.483. The van der Waals surface area contributed by atoms with E-state index in [1.807, 2.05) is 0 Å². The molecule has 25 heavy (non-hydrogen) atoms. The largest absolute Gasteiger partial charge is 0.414 e. The predicted octanol–water partition coefficient (Wildman–Crippen LogP) is 2.52. The van der Waals surface area contributed by atoms with Crippen LogP contribution in [-0.4, -0.2) is 34.4 Å². The smallest absolute Gasteiger partial charge is 0.372 e. The van der Waals surface area contributed by atoms with Crippen molar-refractivity contribution in [1.29, 1.82) is 0 Å². The SMILES string of the molecule is CNC(=O)Oc1noc([C@H](CCCC2CCCCC2)CC(=O)NO)n1. The molecule has 1 atom stereocenters. The molecule has 9 nitrogen and oxygen atoms in total. The number of hydrogen-bond acceptors (Lipinski definition) is 7. The maximum atomic E-state index is 11.5. The zero-order valence-corrected chi connectivity index (χ0v) is 14.5. The lowest BCUT2D eigenvalue weighted by Crippen LogP contribution is -2.23. The van der Waals surface area contributed by atoms with Gasteiger partial charge < -0.3 is 14.6 Å². The monoisotopic (exact) mass is 354 g/mol. The summed E-state index contributed by atoms with van der Waals surface area (Å²) < 4.78 is 9.94. The Hall–Kier alpha value is -2.16. The Labute approximate surface area is 146 Å². The van der Waals surface area contributed by atoms with Gasteiger partial charge in [-0.05, 0) is 17.5 Å². The Morgan fingerprint density at radius 2 is 2.12 bits per heavy atom. The molecule has 1 aliphatic rings. The highest BCUT2D eigenvalue weighted by Crippen LogP contribution is 2.31. The van der Waals surface area contributed by atoms with Crippen LogP contribution in [0.2, 0.25) is 0 Å². The van der Waals surface area contributed by atoms with Crippen molar-refractivity contribution in [3.05, 3.63) is 5.89 Å². The first-order chi connectivity index (χ1) is 12.1. The summed E-state index contributed by atoms with van der Waals surface area (Å²) in [4.78, 5) is 26.8. The molecule has 1 aromatic heterocycles. The summed E-state index contributed by atoms with van der Waals surface area (Å²) in [5.41, 5.74) is 1.63. The third kappa shape index (κ3) is 6.33. The summed E-state index contributed by atoms with van der Waals surface area (Å²) >= 11 is 0. The summed E-state index contributed by atoms with van der Waals surface area (Å²) in [6.45, 7) is 0. The molecule has 0 aliphatic heterocycles. The molecule has 140 valence electrons. The Kier molecular flexibility index (Phi) is 7.65. The number of nitrogens with zero attached hydrogens (tertiary/aromatic N) is 2. The second-order valence-corrected chi connectivity index (χ2v) is 6.43. The van der Waals surface area contributed by atoms with Gasteiger partial charge in [0.25, 0.3) is 0 Å². The van der Waals surface area contributed by atoms with Crippen LogP contribution in [-0.2, 0) is 4.79 Å². The van der Waals surface area contributed by atoms with Crippen molar-refractivity contribution in [2.45, 2.75) is 63.7 Å². The number of carbonyl (C=O) groups excluding carboxylic acids is 2. The van der Waals surface area contributed by atoms with Gasteiger partial charge in [-0.1, -0.05) is 44.9 Å². The van der Waals surface area contributed by atoms with Gasteiger partial charge in [0.2, 0.25) is 11.8 Å². The second kappa shape index (κ2) is 9.97. The number of nitrogens with one attached hydrogen (secondary N) is 2. The Bertz CT molecular complexity index is 556. The van der Waals surface area contributed by atoms with Gasteiger partial charge in [0, 0.05) is 19.4 Å². The van der Waals surface area contributed by atoms with Crippen molar-refractivity contribution in [2.24, 2.45) is 5.92 Å². The number of rotatable bonds is 8. The van der Waals surface area contributed by atoms with Crippen molar-refractivity contribution >= 4 is 12.0 Å². The first-order valence-corrected chi connectivity index (χ1v) is 8.78. The maximum Gasteiger partial charge on any atom is 0.414 e. The van der Waals surface area contributed by atoms with Crippen LogP contribution in [0.1, 0.15) is 69.6 Å². The van der Waals surface area contributed by atoms with Crippen LogP contribution in [0.5, 0.6) is 6.01 Å². The molecule has 9 heteroatoms. The first kappa shape index (κ1) is 19.2. The predicted molar refractivity (Wildman–Crippen MR) is 87.1 cm³/mol. The zero-order chi connectivity index (χ0) is 18.1. The maximum absolute atomic E-state index is 11.5. The topological polar surface area (TPSA) is 127 Å². The lowest BCUT2D eigenvalue weighted by Gasteiger charge is -2.22. The number of amides is 2. The van der Waals surface area contributed by atoms with Gasteiger partial charge in [0.05, 0.1) is 0 Å². The fraction of sp³-hybridized carbons (Fsp3) is 0.750. The lowest BCUT2D eigenvalue weighted by atomic mass is 9.84. The van der Waals surface area contributed by atoms with Crippen LogP contribution in [0, 0.1) is 5.92 Å². The minimum Gasteiger partial charge on any atom is -0.372 e. The molecule has 0 unspecified atom stereocenters. The fourth-order valence-corrected chi connectivity index (χ4v) is 3.27. The number of hydroxylamine groups is 1. The van der Waals surface area contributed by atoms with Crippen molar-refractivity contribution in [2.75, 3.05) is 7.05 Å². The lowest BCUT2D eigenvalue weighted by molar-refractivity contribution is -0.129. The summed E-state index contributed by atoms with van der Waals surface area (Å²) in [5, 5.41) is 14.6. The number of hydrogen-bond donors (Lipinski definition) is 3. The molecule has 0 bridgehead atoms. The van der Waals surface area contributed by atoms with Crippen molar-refractivity contribution in [3.63, 3.8) is 0 Å². The van der Waals surface area contributed by atoms with Gasteiger partial charge in [-0.25, -0.2) is 10.3 Å². The van der Waals surface area contributed by atoms with Crippen LogP contribution in [0.25, 0.3) is 0 Å². The van der Waals surface area contributed by atoms with Gasteiger partial charge in [-0.2, -0.15) is 4.98 Å². The van der Waals surface area contributed by atoms with E-state index in [0.29, 0.717) is 6.42 Å². The fourth-order valence-electron chi connectivity index (χ4n) is 3.27. The molecule has 1 aromatic rings. The molecule has 2 rings (SSSR count). The van der Waals surface area contributed by atoms with E-state index in [1.165, 1.54) is 39.2 Å². The van der Waals surface area contributed by atoms with E-state index in [1.54, 1.807) is 5.48 Å². The minimum atomic E-state index is -0.700. The molecule has 0 aromatic carbocycles. The van der Waals surface area contributed by atoms with Crippen molar-refractivity contribution in [3.8, 4) is 6.01 Å². The van der Waals surface area contributed by atoms with Gasteiger partial charge in [0.15, 0.2) is 0 Å². The average Bonchev–Trinajstić information content (AvgIpc) is 3.09. The van der Waals surface area contributed by atoms with Crippen LogP contribution in [0.4, 0.5) is 4.79 Å². The Morgan fingerprint density at radius 3 is 2.80 bits per heavy atom. The van der Waals surface area contributed by atoms with E-state index in [9.17, 15) is 9.59 Å². The molecule has 1 aliphatic carbocycles. The normalized spacial score (nSPS) is 16.2. The highest BCUT2D eigenvalue weighted by molar-refractivity contribution is 5.75. The molecule has 3 N–H and O–H groups in total. The summed E-state index contributed by atoms with van der Waals surface area (Å²) in [6.07, 6.45) is 8.51. The number of ether oxygens (including phenoxy) is 1. The van der Waals surface area contributed by atoms with E-state index < -0.39 is 12.0 Å². The second-order valence-electron chi connectivity index (χ2n) is 6.43. The van der Waals surface area contributed by atoms with E-state index in [0.717, 1.165) is 18.8 Å². The molecule has 2 amide bonds. The van der Waals surface area contributed by atoms with E-state index in [-0.39, 0.29) is 24.2 Å². The Morgan fingerprint density at radius 1 is 1.36 bits per heavy atom. The number of carbonyl (C=O) groups is 2. The van der Waals surface area contributed by atoms with Crippen LogP contribution in [0.3, 0.4) is 0 Å². The molecular formula is C16H26N4O5. The molecular weight excluding hydrogens is 328 g/mol. The molecule has 1 saturated carbocycles. The first-order valence-electron chi connectivity index (χ1n) is 8.78. The third-order valence-corrected chi connectivity index (χ3v) is 4.61. The molecule has 1 heterocycles. The summed E-state index contributed by atoms with van der Waals surface area (Å²) in [7, 11) is 1.42. The van der Waals surface area contributed by atoms with Crippen molar-refractivity contribution < 1.29 is 24.1 Å². The number of aromatic nitrogens is 2. The minimum absolute atomic E-state index is 0.0305. The average molecular weight is 354 g/mol. The third-order valence-electron chi connectivity index (χ3n) is 4.61. The summed E-state index contributed by atoms with van der Waals surface area (Å²) in [5.74, 6) is 0.127. The highest BCUT2D eigenvalue weighted by atomic mass is 16.6.